The SMILES string of the molecule is CCC(C)[C@H](NC(=O)[C@@H](NC[C@@H](N)CS)C(C)C)C(=O)N[C@@H](CC(C)C)C(=O)O. The van der Waals surface area contributed by atoms with Crippen molar-refractivity contribution in [2.45, 2.75) is 78.6 Å². The van der Waals surface area contributed by atoms with Crippen molar-refractivity contribution in [2.75, 3.05) is 12.3 Å². The maximum atomic E-state index is 12.9. The second-order valence-corrected chi connectivity index (χ2v) is 8.84. The molecule has 0 rings (SSSR count). The van der Waals surface area contributed by atoms with Crippen LogP contribution in [-0.4, -0.2) is 59.4 Å². The van der Waals surface area contributed by atoms with Crippen molar-refractivity contribution in [1.82, 2.24) is 16.0 Å². The molecule has 0 aliphatic carbocycles. The molecule has 0 heterocycles. The molecule has 0 saturated heterocycles. The Morgan fingerprint density at radius 1 is 1.00 bits per heavy atom. The quantitative estimate of drug-likeness (QED) is 0.227. The zero-order valence-corrected chi connectivity index (χ0v) is 19.5. The van der Waals surface area contributed by atoms with Gasteiger partial charge in [0, 0.05) is 18.3 Å². The maximum absolute atomic E-state index is 12.9. The number of aliphatic carboxylic acids is 1. The number of hydrogen-bond acceptors (Lipinski definition) is 6. The zero-order valence-electron chi connectivity index (χ0n) is 18.6. The number of carbonyl (C=O) groups is 3. The molecule has 2 amide bonds. The average Bonchev–Trinajstić information content (AvgIpc) is 2.63. The first-order valence-corrected chi connectivity index (χ1v) is 11.0. The Bertz CT molecular complexity index is 531. The minimum absolute atomic E-state index is 0.0181. The Balaban J connectivity index is 5.31. The number of carbonyl (C=O) groups excluding carboxylic acids is 2. The number of thiol groups is 1. The molecular weight excluding hydrogens is 392 g/mol. The van der Waals surface area contributed by atoms with E-state index < -0.39 is 30.0 Å². The second-order valence-electron chi connectivity index (χ2n) is 8.47. The number of nitrogens with one attached hydrogen (secondary N) is 3. The van der Waals surface area contributed by atoms with Crippen LogP contribution >= 0.6 is 12.6 Å². The van der Waals surface area contributed by atoms with E-state index in [1.54, 1.807) is 0 Å². The third-order valence-electron chi connectivity index (χ3n) is 4.90. The zero-order chi connectivity index (χ0) is 22.7. The van der Waals surface area contributed by atoms with Crippen LogP contribution in [0.1, 0.15) is 54.4 Å². The van der Waals surface area contributed by atoms with Crippen molar-refractivity contribution in [1.29, 1.82) is 0 Å². The van der Waals surface area contributed by atoms with Gasteiger partial charge in [0.05, 0.1) is 6.04 Å². The van der Waals surface area contributed by atoms with E-state index in [9.17, 15) is 19.5 Å². The number of amides is 2. The van der Waals surface area contributed by atoms with Gasteiger partial charge in [-0.1, -0.05) is 48.0 Å². The summed E-state index contributed by atoms with van der Waals surface area (Å²) >= 11 is 4.15. The first-order chi connectivity index (χ1) is 13.4. The van der Waals surface area contributed by atoms with Gasteiger partial charge in [-0.05, 0) is 24.2 Å². The first-order valence-electron chi connectivity index (χ1n) is 10.4. The van der Waals surface area contributed by atoms with Crippen LogP contribution in [0, 0.1) is 17.8 Å². The molecule has 1 unspecified atom stereocenters. The molecule has 0 aliphatic rings. The second kappa shape index (κ2) is 13.8. The Labute approximate surface area is 180 Å². The lowest BCUT2D eigenvalue weighted by Crippen LogP contribution is -2.59. The van der Waals surface area contributed by atoms with Gasteiger partial charge in [-0.25, -0.2) is 4.79 Å². The van der Waals surface area contributed by atoms with Crippen molar-refractivity contribution in [2.24, 2.45) is 23.5 Å². The van der Waals surface area contributed by atoms with Gasteiger partial charge in [0.1, 0.15) is 12.1 Å². The smallest absolute Gasteiger partial charge is 0.326 e. The van der Waals surface area contributed by atoms with Crippen LogP contribution in [-0.2, 0) is 14.4 Å². The van der Waals surface area contributed by atoms with Crippen LogP contribution in [0.15, 0.2) is 0 Å². The molecular formula is C20H40N4O4S. The van der Waals surface area contributed by atoms with Crippen LogP contribution in [0.25, 0.3) is 0 Å². The third kappa shape index (κ3) is 10.3. The van der Waals surface area contributed by atoms with Crippen LogP contribution < -0.4 is 21.7 Å². The van der Waals surface area contributed by atoms with Gasteiger partial charge < -0.3 is 26.8 Å². The maximum Gasteiger partial charge on any atom is 0.326 e. The van der Waals surface area contributed by atoms with Gasteiger partial charge in [-0.15, -0.1) is 0 Å². The van der Waals surface area contributed by atoms with Crippen LogP contribution in [0.3, 0.4) is 0 Å². The molecule has 8 nitrogen and oxygen atoms in total. The summed E-state index contributed by atoms with van der Waals surface area (Å²) in [5.41, 5.74) is 5.87. The summed E-state index contributed by atoms with van der Waals surface area (Å²) in [5, 5.41) is 18.0. The first kappa shape index (κ1) is 27.7. The highest BCUT2D eigenvalue weighted by Crippen LogP contribution is 2.12. The van der Waals surface area contributed by atoms with Crippen LogP contribution in [0.4, 0.5) is 0 Å². The average molecular weight is 433 g/mol. The summed E-state index contributed by atoms with van der Waals surface area (Å²) in [7, 11) is 0. The molecule has 0 saturated carbocycles. The van der Waals surface area contributed by atoms with E-state index in [2.05, 4.69) is 28.6 Å². The van der Waals surface area contributed by atoms with E-state index in [0.717, 1.165) is 0 Å². The van der Waals surface area contributed by atoms with Crippen molar-refractivity contribution >= 4 is 30.4 Å². The molecule has 0 aliphatic heterocycles. The molecule has 170 valence electrons. The van der Waals surface area contributed by atoms with Crippen molar-refractivity contribution < 1.29 is 19.5 Å². The number of rotatable bonds is 14. The molecule has 0 radical (unpaired) electrons. The molecule has 0 spiro atoms. The van der Waals surface area contributed by atoms with Gasteiger partial charge in [0.2, 0.25) is 11.8 Å². The van der Waals surface area contributed by atoms with Crippen molar-refractivity contribution in [3.8, 4) is 0 Å². The van der Waals surface area contributed by atoms with Crippen molar-refractivity contribution in [3.05, 3.63) is 0 Å². The van der Waals surface area contributed by atoms with Gasteiger partial charge in [0.25, 0.3) is 0 Å². The highest BCUT2D eigenvalue weighted by Gasteiger charge is 2.32. The molecule has 6 N–H and O–H groups in total. The monoisotopic (exact) mass is 432 g/mol. The molecule has 0 aromatic heterocycles. The molecule has 0 aromatic rings. The van der Waals surface area contributed by atoms with Gasteiger partial charge in [-0.2, -0.15) is 12.6 Å². The predicted octanol–water partition coefficient (Wildman–Crippen LogP) is 1.00. The Morgan fingerprint density at radius 2 is 1.55 bits per heavy atom. The molecule has 0 aromatic carbocycles. The summed E-state index contributed by atoms with van der Waals surface area (Å²) in [6.07, 6.45) is 0.977. The number of hydrogen-bond donors (Lipinski definition) is 6. The fraction of sp³-hybridized carbons (Fsp3) is 0.850. The topological polar surface area (TPSA) is 134 Å². The molecule has 9 heteroatoms. The summed E-state index contributed by atoms with van der Waals surface area (Å²) in [6.45, 7) is 11.8. The van der Waals surface area contributed by atoms with E-state index in [1.165, 1.54) is 0 Å². The fourth-order valence-electron chi connectivity index (χ4n) is 2.87. The predicted molar refractivity (Wildman–Crippen MR) is 119 cm³/mol. The highest BCUT2D eigenvalue weighted by molar-refractivity contribution is 7.80. The Hall–Kier alpha value is -1.32. The Morgan fingerprint density at radius 3 is 1.97 bits per heavy atom. The number of carboxylic acid groups (broad SMARTS) is 1. The largest absolute Gasteiger partial charge is 0.480 e. The van der Waals surface area contributed by atoms with E-state index in [1.807, 2.05) is 41.5 Å². The highest BCUT2D eigenvalue weighted by atomic mass is 32.1. The summed E-state index contributed by atoms with van der Waals surface area (Å²) < 4.78 is 0. The number of carboxylic acids is 1. The van der Waals surface area contributed by atoms with E-state index >= 15 is 0 Å². The minimum Gasteiger partial charge on any atom is -0.480 e. The Kier molecular flexibility index (Phi) is 13.2. The van der Waals surface area contributed by atoms with Crippen LogP contribution in [0.5, 0.6) is 0 Å². The number of nitrogens with two attached hydrogens (primary N) is 1. The standard InChI is InChI=1S/C20H40N4O4S/c1-7-13(6)17(19(26)23-15(20(27)28)8-11(2)3)24-18(25)16(12(4)5)22-9-14(21)10-29/h11-17,22,29H,7-10,21H2,1-6H3,(H,23,26)(H,24,25)(H,27,28)/t13?,14-,15+,16+,17+/m1/s1. The molecule has 5 atom stereocenters. The van der Waals surface area contributed by atoms with Crippen LogP contribution in [0.2, 0.25) is 0 Å². The van der Waals surface area contributed by atoms with Gasteiger partial charge in [-0.3, -0.25) is 9.59 Å². The fourth-order valence-corrected chi connectivity index (χ4v) is 3.00. The summed E-state index contributed by atoms with van der Waals surface area (Å²) in [5.74, 6) is -1.43. The van der Waals surface area contributed by atoms with Crippen molar-refractivity contribution in [3.63, 3.8) is 0 Å². The summed E-state index contributed by atoms with van der Waals surface area (Å²) in [6, 6.07) is -2.51. The third-order valence-corrected chi connectivity index (χ3v) is 5.37. The molecule has 29 heavy (non-hydrogen) atoms. The minimum atomic E-state index is -1.08. The summed E-state index contributed by atoms with van der Waals surface area (Å²) in [4.78, 5) is 37.2. The lowest BCUT2D eigenvalue weighted by Gasteiger charge is -2.29. The van der Waals surface area contributed by atoms with Gasteiger partial charge >= 0.3 is 5.97 Å². The lowest BCUT2D eigenvalue weighted by molar-refractivity contribution is -0.143. The van der Waals surface area contributed by atoms with Gasteiger partial charge in [0.15, 0.2) is 0 Å². The molecule has 0 bridgehead atoms. The molecule has 0 fully saturated rings. The van der Waals surface area contributed by atoms with E-state index in [0.29, 0.717) is 25.1 Å². The van der Waals surface area contributed by atoms with E-state index in [4.69, 9.17) is 5.73 Å². The normalized spacial score (nSPS) is 16.8. The lowest BCUT2D eigenvalue weighted by atomic mass is 9.95. The van der Waals surface area contributed by atoms with E-state index in [-0.39, 0.29) is 29.7 Å².